The Morgan fingerprint density at radius 3 is 2.71 bits per heavy atom. The first-order valence-electron chi connectivity index (χ1n) is 7.27. The topological polar surface area (TPSA) is 72.7 Å². The van der Waals surface area contributed by atoms with E-state index in [0.29, 0.717) is 12.4 Å². The molecule has 0 atom stereocenters. The maximum Gasteiger partial charge on any atom is 0.311 e. The lowest BCUT2D eigenvalue weighted by atomic mass is 9.98. The number of rotatable bonds is 6. The molecule has 0 amide bonds. The number of hydrogen-bond acceptors (Lipinski definition) is 5. The van der Waals surface area contributed by atoms with Crippen molar-refractivity contribution in [1.82, 2.24) is 0 Å². The SMILES string of the molecule is CCCOc1cc(N2CCC(C=O)CC2)ccc1[N+](=O)[O-]. The van der Waals surface area contributed by atoms with E-state index in [1.165, 1.54) is 6.07 Å². The van der Waals surface area contributed by atoms with E-state index in [-0.39, 0.29) is 11.6 Å². The summed E-state index contributed by atoms with van der Waals surface area (Å²) >= 11 is 0. The highest BCUT2D eigenvalue weighted by Gasteiger charge is 2.22. The van der Waals surface area contributed by atoms with Crippen LogP contribution in [0.3, 0.4) is 0 Å². The van der Waals surface area contributed by atoms with Gasteiger partial charge < -0.3 is 14.4 Å². The minimum Gasteiger partial charge on any atom is -0.487 e. The summed E-state index contributed by atoms with van der Waals surface area (Å²) in [4.78, 5) is 23.5. The van der Waals surface area contributed by atoms with Crippen LogP contribution in [0, 0.1) is 16.0 Å². The van der Waals surface area contributed by atoms with Crippen LogP contribution in [-0.4, -0.2) is 30.9 Å². The number of ether oxygens (including phenoxy) is 1. The van der Waals surface area contributed by atoms with Gasteiger partial charge in [0.05, 0.1) is 11.5 Å². The molecule has 1 aliphatic rings. The summed E-state index contributed by atoms with van der Waals surface area (Å²) in [5, 5.41) is 11.0. The van der Waals surface area contributed by atoms with E-state index in [1.807, 2.05) is 6.92 Å². The van der Waals surface area contributed by atoms with E-state index in [1.54, 1.807) is 12.1 Å². The minimum absolute atomic E-state index is 0.00465. The quantitative estimate of drug-likeness (QED) is 0.458. The third kappa shape index (κ3) is 3.71. The summed E-state index contributed by atoms with van der Waals surface area (Å²) in [6.45, 7) is 3.99. The van der Waals surface area contributed by atoms with Crippen LogP contribution in [0.4, 0.5) is 11.4 Å². The van der Waals surface area contributed by atoms with Gasteiger partial charge in [-0.1, -0.05) is 6.92 Å². The molecule has 0 unspecified atom stereocenters. The summed E-state index contributed by atoms with van der Waals surface area (Å²) in [6.07, 6.45) is 3.46. The second-order valence-electron chi connectivity index (χ2n) is 5.22. The van der Waals surface area contributed by atoms with E-state index in [2.05, 4.69) is 4.90 Å². The van der Waals surface area contributed by atoms with Crippen LogP contribution < -0.4 is 9.64 Å². The molecule has 0 aliphatic carbocycles. The fourth-order valence-electron chi connectivity index (χ4n) is 2.47. The highest BCUT2D eigenvalue weighted by atomic mass is 16.6. The van der Waals surface area contributed by atoms with Gasteiger partial charge in [-0.2, -0.15) is 0 Å². The molecule has 0 radical (unpaired) electrons. The lowest BCUT2D eigenvalue weighted by molar-refractivity contribution is -0.385. The number of carbonyl (C=O) groups is 1. The summed E-state index contributed by atoms with van der Waals surface area (Å²) in [6, 6.07) is 4.97. The fourth-order valence-corrected chi connectivity index (χ4v) is 2.47. The summed E-state index contributed by atoms with van der Waals surface area (Å²) < 4.78 is 5.50. The molecule has 6 heteroatoms. The van der Waals surface area contributed by atoms with Crippen molar-refractivity contribution in [3.05, 3.63) is 28.3 Å². The van der Waals surface area contributed by atoms with Crippen molar-refractivity contribution in [2.75, 3.05) is 24.6 Å². The maximum atomic E-state index is 11.0. The molecule has 0 spiro atoms. The number of nitro benzene ring substituents is 1. The Morgan fingerprint density at radius 1 is 1.43 bits per heavy atom. The number of nitrogens with zero attached hydrogens (tertiary/aromatic N) is 2. The lowest BCUT2D eigenvalue weighted by Crippen LogP contribution is -2.34. The first-order valence-corrected chi connectivity index (χ1v) is 7.27. The van der Waals surface area contributed by atoms with Gasteiger partial charge in [-0.15, -0.1) is 0 Å². The molecule has 1 aromatic rings. The Kier molecular flexibility index (Phi) is 5.14. The molecule has 1 aromatic carbocycles. The Hall–Kier alpha value is -2.11. The largest absolute Gasteiger partial charge is 0.487 e. The number of anilines is 1. The average Bonchev–Trinajstić information content (AvgIpc) is 2.52. The number of nitro groups is 1. The Balaban J connectivity index is 2.17. The Labute approximate surface area is 123 Å². The number of aldehydes is 1. The predicted octanol–water partition coefficient (Wildman–Crippen LogP) is 2.80. The first kappa shape index (κ1) is 15.3. The molecule has 2 rings (SSSR count). The second-order valence-corrected chi connectivity index (χ2v) is 5.22. The van der Waals surface area contributed by atoms with Gasteiger partial charge in [-0.3, -0.25) is 10.1 Å². The summed E-state index contributed by atoms with van der Waals surface area (Å²) in [7, 11) is 0. The van der Waals surface area contributed by atoms with Gasteiger partial charge in [0.2, 0.25) is 0 Å². The van der Waals surface area contributed by atoms with Crippen molar-refractivity contribution in [3.8, 4) is 5.75 Å². The van der Waals surface area contributed by atoms with Gasteiger partial charge in [0.1, 0.15) is 6.29 Å². The average molecular weight is 292 g/mol. The molecule has 1 saturated heterocycles. The van der Waals surface area contributed by atoms with Crippen LogP contribution >= 0.6 is 0 Å². The molecule has 0 bridgehead atoms. The monoisotopic (exact) mass is 292 g/mol. The summed E-state index contributed by atoms with van der Waals surface area (Å²) in [5.74, 6) is 0.451. The van der Waals surface area contributed by atoms with Crippen molar-refractivity contribution in [3.63, 3.8) is 0 Å². The Bertz CT molecular complexity index is 510. The van der Waals surface area contributed by atoms with Crippen LogP contribution in [-0.2, 0) is 4.79 Å². The van der Waals surface area contributed by atoms with E-state index in [4.69, 9.17) is 4.74 Å². The van der Waals surface area contributed by atoms with Crippen molar-refractivity contribution in [2.45, 2.75) is 26.2 Å². The van der Waals surface area contributed by atoms with Crippen LogP contribution in [0.1, 0.15) is 26.2 Å². The van der Waals surface area contributed by atoms with Crippen LogP contribution in [0.15, 0.2) is 18.2 Å². The minimum atomic E-state index is -0.423. The molecule has 21 heavy (non-hydrogen) atoms. The van der Waals surface area contributed by atoms with Gasteiger partial charge in [-0.05, 0) is 25.3 Å². The van der Waals surface area contributed by atoms with E-state index in [9.17, 15) is 14.9 Å². The normalized spacial score (nSPS) is 15.8. The molecule has 0 saturated carbocycles. The Morgan fingerprint density at radius 2 is 2.14 bits per heavy atom. The van der Waals surface area contributed by atoms with Gasteiger partial charge in [-0.25, -0.2) is 0 Å². The number of piperidine rings is 1. The highest BCUT2D eigenvalue weighted by Crippen LogP contribution is 2.33. The third-order valence-corrected chi connectivity index (χ3v) is 3.70. The summed E-state index contributed by atoms with van der Waals surface area (Å²) in [5.41, 5.74) is 0.908. The zero-order valence-electron chi connectivity index (χ0n) is 12.2. The molecule has 0 N–H and O–H groups in total. The zero-order valence-corrected chi connectivity index (χ0v) is 12.2. The molecule has 6 nitrogen and oxygen atoms in total. The van der Waals surface area contributed by atoms with Gasteiger partial charge in [0.25, 0.3) is 0 Å². The zero-order chi connectivity index (χ0) is 15.2. The second kappa shape index (κ2) is 7.06. The van der Waals surface area contributed by atoms with Crippen LogP contribution in [0.2, 0.25) is 0 Å². The number of hydrogen-bond donors (Lipinski definition) is 0. The van der Waals surface area contributed by atoms with Crippen molar-refractivity contribution >= 4 is 17.7 Å². The van der Waals surface area contributed by atoms with Crippen molar-refractivity contribution in [2.24, 2.45) is 5.92 Å². The van der Waals surface area contributed by atoms with Crippen molar-refractivity contribution < 1.29 is 14.5 Å². The molecular weight excluding hydrogens is 272 g/mol. The molecule has 0 aromatic heterocycles. The van der Waals surface area contributed by atoms with Gasteiger partial charge in [0.15, 0.2) is 5.75 Å². The molecular formula is C15H20N2O4. The predicted molar refractivity (Wildman–Crippen MR) is 79.9 cm³/mol. The lowest BCUT2D eigenvalue weighted by Gasteiger charge is -2.31. The van der Waals surface area contributed by atoms with Crippen LogP contribution in [0.25, 0.3) is 0 Å². The highest BCUT2D eigenvalue weighted by molar-refractivity contribution is 5.60. The smallest absolute Gasteiger partial charge is 0.311 e. The van der Waals surface area contributed by atoms with E-state index >= 15 is 0 Å². The standard InChI is InChI=1S/C15H20N2O4/c1-2-9-21-15-10-13(3-4-14(15)17(19)20)16-7-5-12(11-18)6-8-16/h3-4,10-12H,2,5-9H2,1H3. The maximum absolute atomic E-state index is 11.0. The molecule has 1 fully saturated rings. The van der Waals surface area contributed by atoms with Gasteiger partial charge in [0, 0.05) is 36.8 Å². The van der Waals surface area contributed by atoms with Crippen molar-refractivity contribution in [1.29, 1.82) is 0 Å². The fraction of sp³-hybridized carbons (Fsp3) is 0.533. The van der Waals surface area contributed by atoms with Gasteiger partial charge >= 0.3 is 5.69 Å². The van der Waals surface area contributed by atoms with Crippen LogP contribution in [0.5, 0.6) is 5.75 Å². The third-order valence-electron chi connectivity index (χ3n) is 3.70. The number of carbonyl (C=O) groups excluding carboxylic acids is 1. The molecule has 114 valence electrons. The van der Waals surface area contributed by atoms with E-state index < -0.39 is 4.92 Å². The molecule has 1 aliphatic heterocycles. The first-order chi connectivity index (χ1) is 10.2. The molecule has 1 heterocycles. The van der Waals surface area contributed by atoms with E-state index in [0.717, 1.165) is 44.3 Å². The number of benzene rings is 1.